The molecule has 134 valence electrons. The maximum Gasteiger partial charge on any atom is 0.222 e. The summed E-state index contributed by atoms with van der Waals surface area (Å²) >= 11 is 1.74. The van der Waals surface area contributed by atoms with E-state index < -0.39 is 0 Å². The number of hydrogen-bond donors (Lipinski definition) is 0. The Labute approximate surface area is 151 Å². The summed E-state index contributed by atoms with van der Waals surface area (Å²) in [6.07, 6.45) is 5.29. The van der Waals surface area contributed by atoms with Crippen LogP contribution in [0.2, 0.25) is 0 Å². The summed E-state index contributed by atoms with van der Waals surface area (Å²) in [6.45, 7) is 3.04. The lowest BCUT2D eigenvalue weighted by atomic mass is 10.2. The second kappa shape index (κ2) is 8.38. The van der Waals surface area contributed by atoms with Gasteiger partial charge in [0.25, 0.3) is 0 Å². The minimum Gasteiger partial charge on any atom is -0.368 e. The molecule has 7 heteroatoms. The zero-order valence-electron chi connectivity index (χ0n) is 14.4. The fourth-order valence-corrected chi connectivity index (χ4v) is 3.78. The summed E-state index contributed by atoms with van der Waals surface area (Å²) in [5.74, 6) is 0.930. The first-order valence-corrected chi connectivity index (χ1v) is 9.50. The highest BCUT2D eigenvalue weighted by molar-refractivity contribution is 7.99. The van der Waals surface area contributed by atoms with E-state index in [4.69, 9.17) is 0 Å². The number of carbonyl (C=O) groups is 1. The quantitative estimate of drug-likeness (QED) is 0.585. The summed E-state index contributed by atoms with van der Waals surface area (Å²) in [5.41, 5.74) is 1.02. The molecule has 25 heavy (non-hydrogen) atoms. The van der Waals surface area contributed by atoms with E-state index in [-0.39, 0.29) is 11.7 Å². The third kappa shape index (κ3) is 4.98. The Morgan fingerprint density at radius 3 is 2.56 bits per heavy atom. The molecule has 1 aliphatic heterocycles. The van der Waals surface area contributed by atoms with Crippen LogP contribution in [0.3, 0.4) is 0 Å². The van der Waals surface area contributed by atoms with Crippen molar-refractivity contribution in [2.75, 3.05) is 36.8 Å². The Balaban J connectivity index is 1.37. The number of aromatic nitrogens is 2. The standard InChI is InChI=1S/C18H23FN4OS/c1-21-14-17(13-20-21)25-12-2-3-18(24)23-10-8-22(9-11-23)16-6-4-15(19)5-7-16/h4-7,13-14H,2-3,8-12H2,1H3. The van der Waals surface area contributed by atoms with E-state index in [1.165, 1.54) is 12.1 Å². The highest BCUT2D eigenvalue weighted by atomic mass is 32.2. The van der Waals surface area contributed by atoms with Crippen LogP contribution in [-0.4, -0.2) is 52.5 Å². The largest absolute Gasteiger partial charge is 0.368 e. The molecule has 0 radical (unpaired) electrons. The lowest BCUT2D eigenvalue weighted by molar-refractivity contribution is -0.131. The number of halogens is 1. The van der Waals surface area contributed by atoms with Crippen molar-refractivity contribution in [2.24, 2.45) is 7.05 Å². The monoisotopic (exact) mass is 362 g/mol. The molecule has 0 N–H and O–H groups in total. The molecule has 1 fully saturated rings. The molecule has 3 rings (SSSR count). The van der Waals surface area contributed by atoms with Crippen molar-refractivity contribution in [3.05, 3.63) is 42.5 Å². The highest BCUT2D eigenvalue weighted by Gasteiger charge is 2.20. The van der Waals surface area contributed by atoms with Gasteiger partial charge in [-0.1, -0.05) is 0 Å². The maximum atomic E-state index is 13.0. The third-order valence-corrected chi connectivity index (χ3v) is 5.35. The summed E-state index contributed by atoms with van der Waals surface area (Å²) in [5, 5.41) is 4.14. The van der Waals surface area contributed by atoms with Crippen LogP contribution in [0.1, 0.15) is 12.8 Å². The number of amides is 1. The first-order valence-electron chi connectivity index (χ1n) is 8.51. The van der Waals surface area contributed by atoms with E-state index in [0.29, 0.717) is 6.42 Å². The molecular weight excluding hydrogens is 339 g/mol. The molecular formula is C18H23FN4OS. The average Bonchev–Trinajstić information content (AvgIpc) is 3.05. The molecule has 0 bridgehead atoms. The second-order valence-corrected chi connectivity index (χ2v) is 7.31. The van der Waals surface area contributed by atoms with Gasteiger partial charge >= 0.3 is 0 Å². The lowest BCUT2D eigenvalue weighted by Gasteiger charge is -2.36. The first kappa shape index (κ1) is 17.8. The predicted octanol–water partition coefficient (Wildman–Crippen LogP) is 2.78. The molecule has 1 aliphatic rings. The summed E-state index contributed by atoms with van der Waals surface area (Å²) in [4.78, 5) is 17.6. The lowest BCUT2D eigenvalue weighted by Crippen LogP contribution is -2.48. The average molecular weight is 362 g/mol. The number of nitrogens with zero attached hydrogens (tertiary/aromatic N) is 4. The van der Waals surface area contributed by atoms with Crippen molar-refractivity contribution in [1.82, 2.24) is 14.7 Å². The molecule has 1 aromatic carbocycles. The van der Waals surface area contributed by atoms with E-state index in [1.807, 2.05) is 24.3 Å². The molecule has 5 nitrogen and oxygen atoms in total. The van der Waals surface area contributed by atoms with Gasteiger partial charge < -0.3 is 9.80 Å². The van der Waals surface area contributed by atoms with Gasteiger partial charge in [-0.3, -0.25) is 9.48 Å². The second-order valence-electron chi connectivity index (χ2n) is 6.15. The first-order chi connectivity index (χ1) is 12.1. The molecule has 1 aromatic heterocycles. The van der Waals surface area contributed by atoms with Gasteiger partial charge in [0.2, 0.25) is 5.91 Å². The van der Waals surface area contributed by atoms with Crippen LogP contribution in [0.5, 0.6) is 0 Å². The Morgan fingerprint density at radius 1 is 1.20 bits per heavy atom. The number of thioether (sulfide) groups is 1. The number of rotatable bonds is 6. The number of carbonyl (C=O) groups excluding carboxylic acids is 1. The van der Waals surface area contributed by atoms with Gasteiger partial charge in [-0.2, -0.15) is 5.10 Å². The van der Waals surface area contributed by atoms with Crippen LogP contribution in [0.25, 0.3) is 0 Å². The topological polar surface area (TPSA) is 41.4 Å². The zero-order chi connectivity index (χ0) is 17.6. The van der Waals surface area contributed by atoms with Gasteiger partial charge in [0.05, 0.1) is 6.20 Å². The van der Waals surface area contributed by atoms with Crippen molar-refractivity contribution in [2.45, 2.75) is 17.7 Å². The Morgan fingerprint density at radius 2 is 1.92 bits per heavy atom. The van der Waals surface area contributed by atoms with Crippen LogP contribution in [0, 0.1) is 5.82 Å². The van der Waals surface area contributed by atoms with Crippen molar-refractivity contribution in [3.63, 3.8) is 0 Å². The number of hydrogen-bond acceptors (Lipinski definition) is 4. The van der Waals surface area contributed by atoms with E-state index in [2.05, 4.69) is 10.00 Å². The summed E-state index contributed by atoms with van der Waals surface area (Å²) < 4.78 is 14.8. The van der Waals surface area contributed by atoms with Crippen molar-refractivity contribution >= 4 is 23.4 Å². The molecule has 0 unspecified atom stereocenters. The van der Waals surface area contributed by atoms with E-state index in [1.54, 1.807) is 28.6 Å². The fraction of sp³-hybridized carbons (Fsp3) is 0.444. The number of anilines is 1. The third-order valence-electron chi connectivity index (χ3n) is 4.31. The van der Waals surface area contributed by atoms with Crippen LogP contribution in [-0.2, 0) is 11.8 Å². The minimum absolute atomic E-state index is 0.221. The van der Waals surface area contributed by atoms with Gasteiger partial charge in [0.1, 0.15) is 5.82 Å². The SMILES string of the molecule is Cn1cc(SCCCC(=O)N2CCN(c3ccc(F)cc3)CC2)cn1. The minimum atomic E-state index is -0.221. The van der Waals surface area contributed by atoms with Crippen molar-refractivity contribution < 1.29 is 9.18 Å². The molecule has 0 atom stereocenters. The zero-order valence-corrected chi connectivity index (χ0v) is 15.2. The van der Waals surface area contributed by atoms with Crippen LogP contribution >= 0.6 is 11.8 Å². The smallest absolute Gasteiger partial charge is 0.222 e. The molecule has 2 heterocycles. The number of piperazine rings is 1. The van der Waals surface area contributed by atoms with Crippen molar-refractivity contribution in [1.29, 1.82) is 0 Å². The van der Waals surface area contributed by atoms with Gasteiger partial charge in [-0.15, -0.1) is 11.8 Å². The van der Waals surface area contributed by atoms with Gasteiger partial charge in [0.15, 0.2) is 0 Å². The molecule has 0 saturated carbocycles. The van der Waals surface area contributed by atoms with E-state index in [0.717, 1.165) is 48.9 Å². The van der Waals surface area contributed by atoms with Gasteiger partial charge in [-0.25, -0.2) is 4.39 Å². The molecule has 2 aromatic rings. The van der Waals surface area contributed by atoms with E-state index in [9.17, 15) is 9.18 Å². The van der Waals surface area contributed by atoms with Crippen LogP contribution in [0.15, 0.2) is 41.6 Å². The Kier molecular flexibility index (Phi) is 5.96. The number of aryl methyl sites for hydroxylation is 1. The Hall–Kier alpha value is -2.02. The Bertz CT molecular complexity index is 695. The predicted molar refractivity (Wildman–Crippen MR) is 98.4 cm³/mol. The van der Waals surface area contributed by atoms with Crippen molar-refractivity contribution in [3.8, 4) is 0 Å². The van der Waals surface area contributed by atoms with E-state index >= 15 is 0 Å². The maximum absolute atomic E-state index is 13.0. The molecule has 0 spiro atoms. The highest BCUT2D eigenvalue weighted by Crippen LogP contribution is 2.19. The molecule has 1 amide bonds. The molecule has 0 aliphatic carbocycles. The fourth-order valence-electron chi connectivity index (χ4n) is 2.91. The summed E-state index contributed by atoms with van der Waals surface area (Å²) in [7, 11) is 1.90. The normalized spacial score (nSPS) is 14.8. The van der Waals surface area contributed by atoms with Crippen LogP contribution in [0.4, 0.5) is 10.1 Å². The summed E-state index contributed by atoms with van der Waals surface area (Å²) in [6, 6.07) is 6.55. The molecule has 1 saturated heterocycles. The number of benzene rings is 1. The van der Waals surface area contributed by atoms with Gasteiger partial charge in [-0.05, 0) is 36.4 Å². The van der Waals surface area contributed by atoms with Gasteiger partial charge in [0, 0.05) is 56.4 Å². The van der Waals surface area contributed by atoms with Crippen LogP contribution < -0.4 is 4.90 Å².